The standard InChI is InChI=1S/C25H33F4N5O3S/c1-13-8-25(28,29)11-34(13)22(37)17-18(38-21(32-17)20(36)33-24(5,6)12-35)15-9-30-16(7-14(15)19(26)27)31-10-23(2,3)4/h7,9,13,19,35H,8,10-12H2,1-6H3,(H,30,31)(H,33,36)/t13-/m0/s1. The van der Waals surface area contributed by atoms with Crippen LogP contribution in [-0.2, 0) is 0 Å². The van der Waals surface area contributed by atoms with Crippen LogP contribution >= 0.6 is 11.3 Å². The summed E-state index contributed by atoms with van der Waals surface area (Å²) in [7, 11) is 0. The first kappa shape index (κ1) is 29.8. The highest BCUT2D eigenvalue weighted by molar-refractivity contribution is 7.17. The van der Waals surface area contributed by atoms with Gasteiger partial charge in [0.25, 0.3) is 24.2 Å². The molecule has 0 aromatic carbocycles. The Morgan fingerprint density at radius 1 is 1.26 bits per heavy atom. The van der Waals surface area contributed by atoms with E-state index in [4.69, 9.17) is 0 Å². The number of nitrogens with one attached hydrogen (secondary N) is 2. The Balaban J connectivity index is 2.11. The average molecular weight is 560 g/mol. The van der Waals surface area contributed by atoms with Crippen LogP contribution in [0.2, 0.25) is 0 Å². The van der Waals surface area contributed by atoms with Crippen LogP contribution in [0.5, 0.6) is 0 Å². The molecular weight excluding hydrogens is 526 g/mol. The number of hydrogen-bond donors (Lipinski definition) is 3. The molecule has 1 aliphatic rings. The monoisotopic (exact) mass is 559 g/mol. The molecule has 1 atom stereocenters. The number of aliphatic hydroxyl groups is 1. The van der Waals surface area contributed by atoms with Gasteiger partial charge >= 0.3 is 0 Å². The minimum Gasteiger partial charge on any atom is -0.394 e. The van der Waals surface area contributed by atoms with E-state index in [-0.39, 0.29) is 32.4 Å². The number of hydrogen-bond acceptors (Lipinski definition) is 7. The van der Waals surface area contributed by atoms with Gasteiger partial charge in [0.15, 0.2) is 5.01 Å². The molecule has 0 spiro atoms. The van der Waals surface area contributed by atoms with Gasteiger partial charge in [-0.15, -0.1) is 11.3 Å². The molecule has 3 heterocycles. The van der Waals surface area contributed by atoms with Crippen molar-refractivity contribution in [2.24, 2.45) is 5.41 Å². The molecule has 210 valence electrons. The van der Waals surface area contributed by atoms with Crippen LogP contribution in [0.3, 0.4) is 0 Å². The Bertz CT molecular complexity index is 1200. The maximum absolute atomic E-state index is 14.2. The number of thiazole rings is 1. The van der Waals surface area contributed by atoms with Gasteiger partial charge < -0.3 is 20.6 Å². The van der Waals surface area contributed by atoms with Crippen LogP contribution in [0.4, 0.5) is 23.4 Å². The number of carbonyl (C=O) groups excluding carboxylic acids is 2. The van der Waals surface area contributed by atoms with Gasteiger partial charge in [0, 0.05) is 36.3 Å². The lowest BCUT2D eigenvalue weighted by molar-refractivity contribution is 0.0118. The van der Waals surface area contributed by atoms with Crippen molar-refractivity contribution in [3.05, 3.63) is 28.5 Å². The zero-order chi connectivity index (χ0) is 28.6. The minimum atomic E-state index is -3.10. The maximum Gasteiger partial charge on any atom is 0.280 e. The van der Waals surface area contributed by atoms with Gasteiger partial charge in [-0.1, -0.05) is 20.8 Å². The predicted molar refractivity (Wildman–Crippen MR) is 137 cm³/mol. The fraction of sp³-hybridized carbons (Fsp3) is 0.600. The summed E-state index contributed by atoms with van der Waals surface area (Å²) in [4.78, 5) is 35.5. The molecule has 2 aromatic rings. The number of pyridine rings is 1. The van der Waals surface area contributed by atoms with Crippen molar-refractivity contribution in [1.29, 1.82) is 0 Å². The number of halogens is 4. The van der Waals surface area contributed by atoms with Crippen LogP contribution in [0, 0.1) is 5.41 Å². The normalized spacial score (nSPS) is 17.7. The quantitative estimate of drug-likeness (QED) is 0.394. The Morgan fingerprint density at radius 2 is 1.92 bits per heavy atom. The second-order valence-corrected chi connectivity index (χ2v) is 12.4. The van der Waals surface area contributed by atoms with Crippen molar-refractivity contribution in [2.45, 2.75) is 71.9 Å². The Kier molecular flexibility index (Phi) is 8.42. The molecule has 1 aliphatic heterocycles. The van der Waals surface area contributed by atoms with Gasteiger partial charge in [0.1, 0.15) is 11.5 Å². The molecule has 2 aromatic heterocycles. The lowest BCUT2D eigenvalue weighted by Crippen LogP contribution is -2.46. The van der Waals surface area contributed by atoms with E-state index in [0.29, 0.717) is 17.9 Å². The highest BCUT2D eigenvalue weighted by Crippen LogP contribution is 2.40. The zero-order valence-electron chi connectivity index (χ0n) is 22.2. The summed E-state index contributed by atoms with van der Waals surface area (Å²) in [5.41, 5.74) is -2.14. The van der Waals surface area contributed by atoms with Gasteiger partial charge in [-0.3, -0.25) is 9.59 Å². The number of aliphatic hydroxyl groups excluding tert-OH is 1. The first-order valence-electron chi connectivity index (χ1n) is 12.1. The van der Waals surface area contributed by atoms with E-state index in [2.05, 4.69) is 20.6 Å². The molecule has 3 N–H and O–H groups in total. The van der Waals surface area contributed by atoms with Crippen molar-refractivity contribution in [3.63, 3.8) is 0 Å². The summed E-state index contributed by atoms with van der Waals surface area (Å²) in [6.45, 7) is 9.68. The van der Waals surface area contributed by atoms with E-state index in [0.717, 1.165) is 11.1 Å². The topological polar surface area (TPSA) is 107 Å². The Labute approximate surface area is 222 Å². The van der Waals surface area contributed by atoms with E-state index in [1.165, 1.54) is 13.0 Å². The first-order valence-corrected chi connectivity index (χ1v) is 12.9. The van der Waals surface area contributed by atoms with Crippen molar-refractivity contribution in [1.82, 2.24) is 20.2 Å². The fourth-order valence-electron chi connectivity index (χ4n) is 3.86. The largest absolute Gasteiger partial charge is 0.394 e. The molecular formula is C25H33F4N5O3S. The molecule has 8 nitrogen and oxygen atoms in total. The smallest absolute Gasteiger partial charge is 0.280 e. The number of carbonyl (C=O) groups is 2. The summed E-state index contributed by atoms with van der Waals surface area (Å²) < 4.78 is 56.6. The summed E-state index contributed by atoms with van der Waals surface area (Å²) in [6, 6.07) is 0.343. The highest BCUT2D eigenvalue weighted by Gasteiger charge is 2.46. The molecule has 38 heavy (non-hydrogen) atoms. The van der Waals surface area contributed by atoms with Crippen LogP contribution in [0.25, 0.3) is 10.4 Å². The van der Waals surface area contributed by atoms with Gasteiger partial charge in [-0.05, 0) is 32.3 Å². The summed E-state index contributed by atoms with van der Waals surface area (Å²) in [6.07, 6.45) is -2.35. The third kappa shape index (κ3) is 6.99. The summed E-state index contributed by atoms with van der Waals surface area (Å²) >= 11 is 0.682. The number of anilines is 1. The summed E-state index contributed by atoms with van der Waals surface area (Å²) in [5, 5.41) is 14.8. The molecule has 0 radical (unpaired) electrons. The van der Waals surface area contributed by atoms with Crippen molar-refractivity contribution in [3.8, 4) is 10.4 Å². The second-order valence-electron chi connectivity index (χ2n) is 11.4. The third-order valence-electron chi connectivity index (χ3n) is 5.88. The van der Waals surface area contributed by atoms with Gasteiger partial charge in [0.2, 0.25) is 0 Å². The minimum absolute atomic E-state index is 0.0745. The molecule has 0 aliphatic carbocycles. The number of aromatic nitrogens is 2. The van der Waals surface area contributed by atoms with Gasteiger partial charge in [-0.25, -0.2) is 27.5 Å². The third-order valence-corrected chi connectivity index (χ3v) is 6.96. The number of amides is 2. The average Bonchev–Trinajstić information content (AvgIpc) is 3.36. The maximum atomic E-state index is 14.2. The van der Waals surface area contributed by atoms with Crippen molar-refractivity contribution >= 4 is 29.0 Å². The fourth-order valence-corrected chi connectivity index (χ4v) is 4.84. The number of rotatable bonds is 8. The number of likely N-dealkylation sites (tertiary alicyclic amines) is 1. The first-order chi connectivity index (χ1) is 17.4. The zero-order valence-corrected chi connectivity index (χ0v) is 23.0. The molecule has 1 saturated heterocycles. The van der Waals surface area contributed by atoms with Crippen LogP contribution in [0.15, 0.2) is 12.3 Å². The summed E-state index contributed by atoms with van der Waals surface area (Å²) in [5.74, 6) is -4.54. The molecule has 13 heteroatoms. The van der Waals surface area contributed by atoms with Crippen LogP contribution in [0.1, 0.15) is 80.2 Å². The second kappa shape index (κ2) is 10.8. The molecule has 0 saturated carbocycles. The SMILES string of the molecule is C[C@H]1CC(F)(F)CN1C(=O)c1nc(C(=O)NC(C)(C)CO)sc1-c1cnc(NCC(C)(C)C)cc1C(F)F. The Hall–Kier alpha value is -2.80. The Morgan fingerprint density at radius 3 is 2.45 bits per heavy atom. The molecule has 3 rings (SSSR count). The molecule has 2 amide bonds. The predicted octanol–water partition coefficient (Wildman–Crippen LogP) is 4.97. The molecule has 0 bridgehead atoms. The van der Waals surface area contributed by atoms with Crippen LogP contribution in [-0.4, -0.2) is 69.0 Å². The van der Waals surface area contributed by atoms with E-state index in [1.54, 1.807) is 13.8 Å². The highest BCUT2D eigenvalue weighted by atomic mass is 32.1. The molecule has 1 fully saturated rings. The van der Waals surface area contributed by atoms with E-state index in [1.807, 2.05) is 20.8 Å². The van der Waals surface area contributed by atoms with Crippen molar-refractivity contribution < 1.29 is 32.3 Å². The number of alkyl halides is 4. The molecule has 0 unspecified atom stereocenters. The van der Waals surface area contributed by atoms with E-state index in [9.17, 15) is 32.3 Å². The van der Waals surface area contributed by atoms with E-state index >= 15 is 0 Å². The van der Waals surface area contributed by atoms with Crippen molar-refractivity contribution in [2.75, 3.05) is 25.0 Å². The van der Waals surface area contributed by atoms with E-state index < -0.39 is 60.9 Å². The number of nitrogens with zero attached hydrogens (tertiary/aromatic N) is 3. The van der Waals surface area contributed by atoms with Gasteiger partial charge in [0.05, 0.1) is 23.6 Å². The van der Waals surface area contributed by atoms with Crippen LogP contribution < -0.4 is 10.6 Å². The lowest BCUT2D eigenvalue weighted by atomic mass is 9.97. The lowest BCUT2D eigenvalue weighted by Gasteiger charge is -2.22. The van der Waals surface area contributed by atoms with Gasteiger partial charge in [-0.2, -0.15) is 0 Å².